The maximum Gasteiger partial charge on any atom is 0.311 e. The zero-order valence-corrected chi connectivity index (χ0v) is 33.9. The van der Waals surface area contributed by atoms with E-state index in [1.54, 1.807) is 50.2 Å². The number of hydrogen-bond acceptors (Lipinski definition) is 13. The van der Waals surface area contributed by atoms with Crippen LogP contribution in [0, 0.1) is 17.8 Å². The smallest absolute Gasteiger partial charge is 0.311 e. The van der Waals surface area contributed by atoms with Gasteiger partial charge in [0.25, 0.3) is 5.91 Å². The number of aliphatic hydroxyl groups excluding tert-OH is 2. The fourth-order valence-corrected chi connectivity index (χ4v) is 9.27. The van der Waals surface area contributed by atoms with Crippen LogP contribution >= 0.6 is 0 Å². The highest BCUT2D eigenvalue weighted by molar-refractivity contribution is 5.93. The van der Waals surface area contributed by atoms with Crippen molar-refractivity contribution in [2.45, 2.75) is 159 Å². The molecule has 1 aromatic rings. The highest BCUT2D eigenvalue weighted by Gasteiger charge is 2.58. The number of aliphatic hydroxyl groups is 3. The van der Waals surface area contributed by atoms with Crippen LogP contribution in [-0.2, 0) is 28.5 Å². The minimum Gasteiger partial charge on any atom is -0.459 e. The number of pyridine rings is 1. The summed E-state index contributed by atoms with van der Waals surface area (Å²) in [4.78, 5) is 35.6. The van der Waals surface area contributed by atoms with Crippen LogP contribution in [0.3, 0.4) is 0 Å². The molecule has 54 heavy (non-hydrogen) atoms. The van der Waals surface area contributed by atoms with Crippen LogP contribution in [0.4, 0.5) is 0 Å². The van der Waals surface area contributed by atoms with E-state index in [1.807, 2.05) is 39.8 Å². The van der Waals surface area contributed by atoms with Crippen molar-refractivity contribution in [3.05, 3.63) is 30.1 Å². The third-order valence-corrected chi connectivity index (χ3v) is 12.4. The molecular formula is C40H66N4O10. The molecule has 0 aromatic carbocycles. The molecule has 4 N–H and O–H groups in total. The number of carbonyl (C=O) groups is 2. The number of likely N-dealkylation sites (tertiary alicyclic amines) is 1. The number of nitrogens with one attached hydrogen (secondary N) is 1. The first kappa shape index (κ1) is 42.9. The number of fused-ring (bicyclic) bond motifs is 3. The fraction of sp³-hybridized carbons (Fsp3) is 0.825. The molecule has 1 spiro atoms. The summed E-state index contributed by atoms with van der Waals surface area (Å²) in [6, 6.07) is 2.74. The number of hydrogen-bond donors (Lipinski definition) is 4. The molecule has 0 aliphatic carbocycles. The second-order valence-electron chi connectivity index (χ2n) is 17.2. The van der Waals surface area contributed by atoms with E-state index in [9.17, 15) is 24.9 Å². The topological polar surface area (TPSA) is 172 Å². The van der Waals surface area contributed by atoms with E-state index in [0.29, 0.717) is 50.9 Å². The van der Waals surface area contributed by atoms with Gasteiger partial charge in [-0.15, -0.1) is 0 Å². The number of ether oxygens (including phenoxy) is 5. The van der Waals surface area contributed by atoms with E-state index in [0.717, 1.165) is 0 Å². The van der Waals surface area contributed by atoms with Crippen molar-refractivity contribution >= 4 is 11.9 Å². The summed E-state index contributed by atoms with van der Waals surface area (Å²) in [7, 11) is 3.86. The number of esters is 1. The molecule has 0 unspecified atom stereocenters. The number of cyclic esters (lactones) is 1. The van der Waals surface area contributed by atoms with Crippen molar-refractivity contribution in [2.75, 3.05) is 33.7 Å². The Morgan fingerprint density at radius 1 is 1.13 bits per heavy atom. The van der Waals surface area contributed by atoms with Gasteiger partial charge in [-0.2, -0.15) is 0 Å². The van der Waals surface area contributed by atoms with E-state index >= 15 is 0 Å². The first-order chi connectivity index (χ1) is 25.3. The van der Waals surface area contributed by atoms with Gasteiger partial charge in [0.1, 0.15) is 23.9 Å². The predicted octanol–water partition coefficient (Wildman–Crippen LogP) is 2.72. The molecule has 4 aliphatic rings. The summed E-state index contributed by atoms with van der Waals surface area (Å²) in [6.07, 6.45) is -0.707. The van der Waals surface area contributed by atoms with Crippen LogP contribution in [-0.4, -0.2) is 148 Å². The molecule has 14 atom stereocenters. The average molecular weight is 763 g/mol. The molecule has 5 rings (SSSR count). The highest BCUT2D eigenvalue weighted by Crippen LogP contribution is 2.48. The lowest BCUT2D eigenvalue weighted by molar-refractivity contribution is -0.331. The van der Waals surface area contributed by atoms with Gasteiger partial charge in [-0.1, -0.05) is 20.8 Å². The molecule has 0 radical (unpaired) electrons. The van der Waals surface area contributed by atoms with Gasteiger partial charge in [0, 0.05) is 56.3 Å². The Kier molecular flexibility index (Phi) is 13.5. The predicted molar refractivity (Wildman–Crippen MR) is 200 cm³/mol. The fourth-order valence-electron chi connectivity index (χ4n) is 9.27. The summed E-state index contributed by atoms with van der Waals surface area (Å²) in [6.45, 7) is 16.0. The molecule has 4 aliphatic heterocycles. The van der Waals surface area contributed by atoms with Crippen LogP contribution in [0.25, 0.3) is 0 Å². The van der Waals surface area contributed by atoms with Crippen molar-refractivity contribution in [1.29, 1.82) is 0 Å². The van der Waals surface area contributed by atoms with E-state index in [2.05, 4.69) is 17.2 Å². The SMILES string of the molecule is CC[C@H]1OC(=O)[C@H](C)[C@H]2OC3(CCN(C(=O)c4cccnc4)CC3)O[C@](C)(C[C@@H](C)CN[C@H](C)[C@@H](O)[C@]1(C)O)[C@H](O[C@@H]1O[C@H](C)C[C@H](N(C)C)[C@H]1O)[C@H]2C. The van der Waals surface area contributed by atoms with Crippen LogP contribution in [0.5, 0.6) is 0 Å². The third-order valence-electron chi connectivity index (χ3n) is 12.4. The van der Waals surface area contributed by atoms with E-state index in [-0.39, 0.29) is 30.4 Å². The molecule has 2 bridgehead atoms. The van der Waals surface area contributed by atoms with E-state index in [4.69, 9.17) is 23.7 Å². The van der Waals surface area contributed by atoms with Gasteiger partial charge in [-0.3, -0.25) is 14.6 Å². The maximum atomic E-state index is 14.2. The lowest BCUT2D eigenvalue weighted by Crippen LogP contribution is -2.60. The Morgan fingerprint density at radius 3 is 2.43 bits per heavy atom. The van der Waals surface area contributed by atoms with Crippen molar-refractivity contribution < 1.29 is 48.6 Å². The van der Waals surface area contributed by atoms with Crippen LogP contribution in [0.15, 0.2) is 24.5 Å². The van der Waals surface area contributed by atoms with Gasteiger partial charge < -0.3 is 54.1 Å². The molecule has 1 aromatic heterocycles. The van der Waals surface area contributed by atoms with Crippen LogP contribution < -0.4 is 5.32 Å². The average Bonchev–Trinajstić information content (AvgIpc) is 3.21. The molecule has 14 nitrogen and oxygen atoms in total. The van der Waals surface area contributed by atoms with Gasteiger partial charge >= 0.3 is 5.97 Å². The zero-order valence-electron chi connectivity index (χ0n) is 33.9. The summed E-state index contributed by atoms with van der Waals surface area (Å²) in [5.74, 6) is -3.33. The maximum absolute atomic E-state index is 14.2. The van der Waals surface area contributed by atoms with E-state index in [1.165, 1.54) is 6.92 Å². The number of carbonyl (C=O) groups excluding carboxylic acids is 2. The minimum atomic E-state index is -1.74. The molecule has 0 saturated carbocycles. The molecule has 14 heteroatoms. The van der Waals surface area contributed by atoms with Gasteiger partial charge in [0.2, 0.25) is 0 Å². The molecule has 1 amide bonds. The van der Waals surface area contributed by atoms with Gasteiger partial charge in [-0.05, 0) is 92.6 Å². The summed E-state index contributed by atoms with van der Waals surface area (Å²) in [5.41, 5.74) is -2.30. The zero-order chi connectivity index (χ0) is 39.7. The molecule has 306 valence electrons. The first-order valence-corrected chi connectivity index (χ1v) is 19.9. The summed E-state index contributed by atoms with van der Waals surface area (Å²) >= 11 is 0. The van der Waals surface area contributed by atoms with E-state index < -0.39 is 77.6 Å². The minimum absolute atomic E-state index is 0.0400. The number of piperidine rings is 1. The standard InChI is InChI=1S/C40H66N4O10/c1-11-30-39(8,49)33(46)27(6)42-21-23(2)20-38(7)34(52-37-31(45)29(43(9)10)19-24(3)50-37)25(4)32(26(5)36(48)51-30)53-40(54-38)14-17-44(18-15-40)35(47)28-13-12-16-41-22-28/h12-13,16,22-27,29-34,37,42,45-46,49H,11,14-15,17-21H2,1-10H3/t23-,24-,25+,26-,27-,29+,30-,31-,32+,33-,34-,37+,38-,39-/m1/s1. The van der Waals surface area contributed by atoms with Crippen molar-refractivity contribution in [3.63, 3.8) is 0 Å². The number of amides is 1. The summed E-state index contributed by atoms with van der Waals surface area (Å²) < 4.78 is 33.8. The molecule has 5 heterocycles. The summed E-state index contributed by atoms with van der Waals surface area (Å²) in [5, 5.41) is 38.1. The van der Waals surface area contributed by atoms with Crippen molar-refractivity contribution in [3.8, 4) is 0 Å². The van der Waals surface area contributed by atoms with Gasteiger partial charge in [0.05, 0.1) is 35.4 Å². The third kappa shape index (κ3) is 8.97. The normalized spacial score (nSPS) is 42.6. The Balaban J connectivity index is 1.58. The number of likely N-dealkylation sites (N-methyl/N-ethyl adjacent to an activating group) is 1. The van der Waals surface area contributed by atoms with Gasteiger partial charge in [-0.25, -0.2) is 0 Å². The second kappa shape index (κ2) is 17.1. The Labute approximate surface area is 321 Å². The first-order valence-electron chi connectivity index (χ1n) is 19.9. The molecular weight excluding hydrogens is 696 g/mol. The van der Waals surface area contributed by atoms with Crippen LogP contribution in [0.1, 0.15) is 97.9 Å². The Hall–Kier alpha value is -2.27. The Morgan fingerprint density at radius 2 is 1.81 bits per heavy atom. The number of nitrogens with zero attached hydrogens (tertiary/aromatic N) is 3. The Bertz CT molecular complexity index is 1410. The lowest BCUT2D eigenvalue weighted by atomic mass is 9.78. The van der Waals surface area contributed by atoms with Crippen LogP contribution in [0.2, 0.25) is 0 Å². The number of aromatic nitrogens is 1. The second-order valence-corrected chi connectivity index (χ2v) is 17.2. The highest BCUT2D eigenvalue weighted by atomic mass is 16.7. The monoisotopic (exact) mass is 762 g/mol. The van der Waals surface area contributed by atoms with Crippen molar-refractivity contribution in [1.82, 2.24) is 20.1 Å². The molecule has 4 saturated heterocycles. The van der Waals surface area contributed by atoms with Crippen molar-refractivity contribution in [2.24, 2.45) is 17.8 Å². The lowest BCUT2D eigenvalue weighted by Gasteiger charge is -2.49. The quantitative estimate of drug-likeness (QED) is 0.323. The number of rotatable bonds is 5. The molecule has 4 fully saturated rings. The van der Waals surface area contributed by atoms with Gasteiger partial charge in [0.15, 0.2) is 12.1 Å². The largest absolute Gasteiger partial charge is 0.459 e.